The van der Waals surface area contributed by atoms with Crippen molar-refractivity contribution in [2.24, 2.45) is 0 Å². The molecule has 8 nitrogen and oxygen atoms in total. The quantitative estimate of drug-likeness (QED) is 0.705. The molecule has 2 aromatic heterocycles. The molecule has 19 heavy (non-hydrogen) atoms. The minimum absolute atomic E-state index is 0.0101. The van der Waals surface area contributed by atoms with Gasteiger partial charge in [0.05, 0.1) is 12.0 Å². The third-order valence-corrected chi connectivity index (χ3v) is 2.53. The predicted octanol–water partition coefficient (Wildman–Crippen LogP) is 0.132. The molecule has 100 valence electrons. The number of rotatable bonds is 5. The minimum Gasteiger partial charge on any atom is -0.480 e. The van der Waals surface area contributed by atoms with Crippen molar-refractivity contribution in [2.45, 2.75) is 19.4 Å². The van der Waals surface area contributed by atoms with E-state index in [4.69, 9.17) is 9.52 Å². The number of aliphatic carboxylic acids is 1. The number of carboxylic acids is 1. The maximum Gasteiger partial charge on any atom is 0.326 e. The second-order valence-electron chi connectivity index (χ2n) is 3.91. The number of hydrogen-bond acceptors (Lipinski definition) is 5. The molecule has 2 heterocycles. The highest BCUT2D eigenvalue weighted by atomic mass is 16.4. The summed E-state index contributed by atoms with van der Waals surface area (Å²) in [5, 5.41) is 11.5. The van der Waals surface area contributed by atoms with E-state index in [2.05, 4.69) is 20.3 Å². The SMILES string of the molecule is Cc1ncoc1C(=O)NC(Cc1cnc[nH]1)C(=O)O. The first-order chi connectivity index (χ1) is 9.08. The minimum atomic E-state index is -1.14. The van der Waals surface area contributed by atoms with Gasteiger partial charge in [0, 0.05) is 18.3 Å². The van der Waals surface area contributed by atoms with E-state index in [1.165, 1.54) is 12.5 Å². The molecule has 0 aliphatic rings. The maximum absolute atomic E-state index is 11.8. The van der Waals surface area contributed by atoms with Crippen molar-refractivity contribution in [3.63, 3.8) is 0 Å². The van der Waals surface area contributed by atoms with Gasteiger partial charge in [-0.1, -0.05) is 0 Å². The molecule has 0 saturated heterocycles. The lowest BCUT2D eigenvalue weighted by Gasteiger charge is -2.12. The highest BCUT2D eigenvalue weighted by Crippen LogP contribution is 2.06. The van der Waals surface area contributed by atoms with Crippen LogP contribution in [-0.4, -0.2) is 38.0 Å². The van der Waals surface area contributed by atoms with Crippen LogP contribution >= 0.6 is 0 Å². The molecule has 0 spiro atoms. The third kappa shape index (κ3) is 2.97. The lowest BCUT2D eigenvalue weighted by atomic mass is 10.1. The average Bonchev–Trinajstić information content (AvgIpc) is 2.99. The lowest BCUT2D eigenvalue weighted by Crippen LogP contribution is -2.42. The summed E-state index contributed by atoms with van der Waals surface area (Å²) in [5.41, 5.74) is 1.02. The summed E-state index contributed by atoms with van der Waals surface area (Å²) in [6.45, 7) is 1.60. The zero-order valence-corrected chi connectivity index (χ0v) is 10.1. The molecular formula is C11H12N4O4. The molecule has 0 aliphatic carbocycles. The van der Waals surface area contributed by atoms with Crippen LogP contribution in [0, 0.1) is 6.92 Å². The van der Waals surface area contributed by atoms with E-state index in [-0.39, 0.29) is 12.2 Å². The van der Waals surface area contributed by atoms with Crippen LogP contribution in [0.5, 0.6) is 0 Å². The molecule has 1 unspecified atom stereocenters. The molecule has 0 aliphatic heterocycles. The van der Waals surface area contributed by atoms with Crippen LogP contribution in [-0.2, 0) is 11.2 Å². The van der Waals surface area contributed by atoms with E-state index < -0.39 is 17.9 Å². The Morgan fingerprint density at radius 2 is 2.37 bits per heavy atom. The van der Waals surface area contributed by atoms with Gasteiger partial charge in [-0.05, 0) is 6.92 Å². The van der Waals surface area contributed by atoms with E-state index in [1.54, 1.807) is 6.92 Å². The molecule has 1 atom stereocenters. The van der Waals surface area contributed by atoms with Gasteiger partial charge in [-0.15, -0.1) is 0 Å². The van der Waals surface area contributed by atoms with Crippen molar-refractivity contribution in [2.75, 3.05) is 0 Å². The molecular weight excluding hydrogens is 252 g/mol. The molecule has 8 heteroatoms. The van der Waals surface area contributed by atoms with Gasteiger partial charge in [0.25, 0.3) is 5.91 Å². The van der Waals surface area contributed by atoms with E-state index in [1.807, 2.05) is 0 Å². The summed E-state index contributed by atoms with van der Waals surface area (Å²) in [6, 6.07) is -1.07. The number of carbonyl (C=O) groups excluding carboxylic acids is 1. The third-order valence-electron chi connectivity index (χ3n) is 2.53. The Labute approximate surface area is 107 Å². The number of hydrogen-bond donors (Lipinski definition) is 3. The van der Waals surface area contributed by atoms with Crippen molar-refractivity contribution in [3.05, 3.63) is 36.1 Å². The van der Waals surface area contributed by atoms with Gasteiger partial charge in [-0.3, -0.25) is 4.79 Å². The standard InChI is InChI=1S/C11H12N4O4/c1-6-9(19-5-14-6)10(16)15-8(11(17)18)2-7-3-12-4-13-7/h3-5,8H,2H2,1H3,(H,12,13)(H,15,16)(H,17,18). The summed E-state index contributed by atoms with van der Waals surface area (Å²) in [7, 11) is 0. The number of aromatic nitrogens is 3. The molecule has 0 aromatic carbocycles. The smallest absolute Gasteiger partial charge is 0.326 e. The highest BCUT2D eigenvalue weighted by molar-refractivity contribution is 5.95. The van der Waals surface area contributed by atoms with Gasteiger partial charge in [0.2, 0.25) is 5.76 Å². The van der Waals surface area contributed by atoms with E-state index >= 15 is 0 Å². The second-order valence-corrected chi connectivity index (χ2v) is 3.91. The van der Waals surface area contributed by atoms with E-state index in [0.717, 1.165) is 6.39 Å². The van der Waals surface area contributed by atoms with Crippen molar-refractivity contribution in [3.8, 4) is 0 Å². The molecule has 2 rings (SSSR count). The number of amides is 1. The van der Waals surface area contributed by atoms with Crippen molar-refractivity contribution in [1.29, 1.82) is 0 Å². The van der Waals surface area contributed by atoms with Crippen LogP contribution in [0.2, 0.25) is 0 Å². The van der Waals surface area contributed by atoms with Crippen LogP contribution in [0.4, 0.5) is 0 Å². The van der Waals surface area contributed by atoms with E-state index in [9.17, 15) is 9.59 Å². The van der Waals surface area contributed by atoms with E-state index in [0.29, 0.717) is 11.4 Å². The summed E-state index contributed by atoms with van der Waals surface area (Å²) >= 11 is 0. The summed E-state index contributed by atoms with van der Waals surface area (Å²) in [4.78, 5) is 33.3. The number of carboxylic acid groups (broad SMARTS) is 1. The Kier molecular flexibility index (Phi) is 3.60. The van der Waals surface area contributed by atoms with Crippen LogP contribution in [0.1, 0.15) is 21.9 Å². The Bertz CT molecular complexity index is 575. The monoisotopic (exact) mass is 264 g/mol. The Hall–Kier alpha value is -2.64. The van der Waals surface area contributed by atoms with Crippen molar-refractivity contribution in [1.82, 2.24) is 20.3 Å². The van der Waals surface area contributed by atoms with Gasteiger partial charge in [-0.2, -0.15) is 0 Å². The topological polar surface area (TPSA) is 121 Å². The fourth-order valence-corrected chi connectivity index (χ4v) is 1.56. The Morgan fingerprint density at radius 1 is 1.58 bits per heavy atom. The largest absolute Gasteiger partial charge is 0.480 e. The predicted molar refractivity (Wildman–Crippen MR) is 62.4 cm³/mol. The van der Waals surface area contributed by atoms with Gasteiger partial charge in [-0.25, -0.2) is 14.8 Å². The molecule has 3 N–H and O–H groups in total. The normalized spacial score (nSPS) is 12.1. The number of aromatic amines is 1. The van der Waals surface area contributed by atoms with Crippen LogP contribution < -0.4 is 5.32 Å². The number of carbonyl (C=O) groups is 2. The van der Waals surface area contributed by atoms with Gasteiger partial charge < -0.3 is 19.8 Å². The van der Waals surface area contributed by atoms with Gasteiger partial charge in [0.15, 0.2) is 6.39 Å². The fourth-order valence-electron chi connectivity index (χ4n) is 1.56. The first-order valence-electron chi connectivity index (χ1n) is 5.49. The number of oxazole rings is 1. The van der Waals surface area contributed by atoms with Crippen LogP contribution in [0.3, 0.4) is 0 Å². The Morgan fingerprint density at radius 3 is 2.89 bits per heavy atom. The van der Waals surface area contributed by atoms with Gasteiger partial charge in [0.1, 0.15) is 6.04 Å². The number of nitrogens with one attached hydrogen (secondary N) is 2. The number of aryl methyl sites for hydroxylation is 1. The second kappa shape index (κ2) is 5.34. The average molecular weight is 264 g/mol. The van der Waals surface area contributed by atoms with Crippen LogP contribution in [0.25, 0.3) is 0 Å². The molecule has 0 saturated carbocycles. The molecule has 0 fully saturated rings. The molecule has 0 bridgehead atoms. The summed E-state index contributed by atoms with van der Waals surface area (Å²) in [5.74, 6) is -1.74. The number of imidazole rings is 1. The molecule has 1 amide bonds. The van der Waals surface area contributed by atoms with Crippen LogP contribution in [0.15, 0.2) is 23.3 Å². The molecule has 2 aromatic rings. The van der Waals surface area contributed by atoms with Crippen molar-refractivity contribution < 1.29 is 19.1 Å². The van der Waals surface area contributed by atoms with Crippen molar-refractivity contribution >= 4 is 11.9 Å². The zero-order chi connectivity index (χ0) is 13.8. The Balaban J connectivity index is 2.07. The summed E-state index contributed by atoms with van der Waals surface area (Å²) in [6.07, 6.45) is 4.18. The van der Waals surface area contributed by atoms with Gasteiger partial charge >= 0.3 is 5.97 Å². The first-order valence-corrected chi connectivity index (χ1v) is 5.49. The lowest BCUT2D eigenvalue weighted by molar-refractivity contribution is -0.139. The maximum atomic E-state index is 11.8. The number of nitrogens with zero attached hydrogens (tertiary/aromatic N) is 2. The highest BCUT2D eigenvalue weighted by Gasteiger charge is 2.24. The fraction of sp³-hybridized carbons (Fsp3) is 0.273. The summed E-state index contributed by atoms with van der Waals surface area (Å²) < 4.78 is 4.91. The first kappa shape index (κ1) is 12.8. The number of H-pyrrole nitrogens is 1. The molecule has 0 radical (unpaired) electrons. The zero-order valence-electron chi connectivity index (χ0n) is 10.1.